The number of rotatable bonds is 5. The quantitative estimate of drug-likeness (QED) is 0.642. The fraction of sp³-hybridized carbons (Fsp3) is 0.500. The Labute approximate surface area is 81.0 Å². The van der Waals surface area contributed by atoms with Crippen molar-refractivity contribution >= 4 is 0 Å². The number of nitrogens with two attached hydrogens (primary N) is 1. The normalized spacial score (nSPS) is 20.5. The van der Waals surface area contributed by atoms with Gasteiger partial charge in [-0.25, -0.2) is 0 Å². The van der Waals surface area contributed by atoms with Crippen LogP contribution in [-0.4, -0.2) is 6.54 Å². The van der Waals surface area contributed by atoms with Crippen LogP contribution in [0.4, 0.5) is 0 Å². The predicted molar refractivity (Wildman–Crippen MR) is 58.4 cm³/mol. The molecule has 1 nitrogen and oxygen atoms in total. The molecule has 1 saturated carbocycles. The fourth-order valence-electron chi connectivity index (χ4n) is 1.91. The van der Waals surface area contributed by atoms with Crippen molar-refractivity contribution in [3.63, 3.8) is 0 Å². The van der Waals surface area contributed by atoms with Gasteiger partial charge in [0.25, 0.3) is 0 Å². The van der Waals surface area contributed by atoms with Crippen LogP contribution in [0.2, 0.25) is 0 Å². The summed E-state index contributed by atoms with van der Waals surface area (Å²) in [6.07, 6.45) is 10.7. The standard InChI is InChI=1S/C12H19N/c1-3-6-11(4-2)9-12(10-13)7-5-8-12/h3-4,6H,1-2,5,7-10,13H2/b11-6+. The van der Waals surface area contributed by atoms with Crippen LogP contribution in [0.3, 0.4) is 0 Å². The van der Waals surface area contributed by atoms with Crippen LogP contribution in [0, 0.1) is 5.41 Å². The monoisotopic (exact) mass is 177 g/mol. The zero-order valence-corrected chi connectivity index (χ0v) is 8.26. The fourth-order valence-corrected chi connectivity index (χ4v) is 1.91. The van der Waals surface area contributed by atoms with Crippen LogP contribution in [0.5, 0.6) is 0 Å². The van der Waals surface area contributed by atoms with E-state index in [0.29, 0.717) is 5.41 Å². The van der Waals surface area contributed by atoms with E-state index in [2.05, 4.69) is 13.2 Å². The van der Waals surface area contributed by atoms with E-state index in [-0.39, 0.29) is 0 Å². The Morgan fingerprint density at radius 1 is 1.38 bits per heavy atom. The van der Waals surface area contributed by atoms with Gasteiger partial charge in [0, 0.05) is 0 Å². The van der Waals surface area contributed by atoms with E-state index >= 15 is 0 Å². The SMILES string of the molecule is C=C/C=C(\C=C)CC1(CN)CCC1. The van der Waals surface area contributed by atoms with Crippen LogP contribution in [0.25, 0.3) is 0 Å². The van der Waals surface area contributed by atoms with Gasteiger partial charge in [-0.15, -0.1) is 0 Å². The molecule has 13 heavy (non-hydrogen) atoms. The number of allylic oxidation sites excluding steroid dienone is 4. The molecular weight excluding hydrogens is 158 g/mol. The zero-order valence-electron chi connectivity index (χ0n) is 8.26. The summed E-state index contributed by atoms with van der Waals surface area (Å²) < 4.78 is 0. The first-order valence-corrected chi connectivity index (χ1v) is 4.90. The maximum Gasteiger partial charge on any atom is -0.00173 e. The molecule has 0 amide bonds. The lowest BCUT2D eigenvalue weighted by atomic mass is 9.65. The van der Waals surface area contributed by atoms with Crippen molar-refractivity contribution in [2.75, 3.05) is 6.54 Å². The van der Waals surface area contributed by atoms with Gasteiger partial charge < -0.3 is 5.73 Å². The van der Waals surface area contributed by atoms with Gasteiger partial charge in [-0.2, -0.15) is 0 Å². The Hall–Kier alpha value is -0.820. The summed E-state index contributed by atoms with van der Waals surface area (Å²) in [7, 11) is 0. The highest BCUT2D eigenvalue weighted by atomic mass is 14.6. The lowest BCUT2D eigenvalue weighted by Gasteiger charge is -2.41. The van der Waals surface area contributed by atoms with Gasteiger partial charge in [0.05, 0.1) is 0 Å². The van der Waals surface area contributed by atoms with Crippen LogP contribution >= 0.6 is 0 Å². The molecule has 0 atom stereocenters. The van der Waals surface area contributed by atoms with Crippen molar-refractivity contribution in [3.8, 4) is 0 Å². The topological polar surface area (TPSA) is 26.0 Å². The molecule has 0 bridgehead atoms. The smallest absolute Gasteiger partial charge is 0.00173 e. The molecule has 0 spiro atoms. The summed E-state index contributed by atoms with van der Waals surface area (Å²) in [5.74, 6) is 0. The number of hydrogen-bond acceptors (Lipinski definition) is 1. The molecule has 1 rings (SSSR count). The molecule has 1 aliphatic rings. The second kappa shape index (κ2) is 4.43. The van der Waals surface area contributed by atoms with Gasteiger partial charge in [-0.05, 0) is 36.8 Å². The first-order valence-electron chi connectivity index (χ1n) is 4.90. The third-order valence-corrected chi connectivity index (χ3v) is 3.02. The molecule has 1 aliphatic carbocycles. The van der Waals surface area contributed by atoms with E-state index in [4.69, 9.17) is 5.73 Å². The first kappa shape index (κ1) is 10.3. The minimum Gasteiger partial charge on any atom is -0.330 e. The Morgan fingerprint density at radius 3 is 2.38 bits per heavy atom. The lowest BCUT2D eigenvalue weighted by molar-refractivity contribution is 0.146. The van der Waals surface area contributed by atoms with Crippen molar-refractivity contribution in [1.29, 1.82) is 0 Å². The summed E-state index contributed by atoms with van der Waals surface area (Å²) >= 11 is 0. The van der Waals surface area contributed by atoms with E-state index in [1.54, 1.807) is 0 Å². The third kappa shape index (κ3) is 2.31. The molecule has 0 unspecified atom stereocenters. The molecule has 0 aromatic rings. The van der Waals surface area contributed by atoms with Crippen LogP contribution in [0.1, 0.15) is 25.7 Å². The molecule has 1 heteroatoms. The summed E-state index contributed by atoms with van der Waals surface area (Å²) in [6, 6.07) is 0. The average molecular weight is 177 g/mol. The molecule has 0 aromatic carbocycles. The summed E-state index contributed by atoms with van der Waals surface area (Å²) in [5.41, 5.74) is 7.42. The third-order valence-electron chi connectivity index (χ3n) is 3.02. The van der Waals surface area contributed by atoms with E-state index in [1.807, 2.05) is 18.2 Å². The summed E-state index contributed by atoms with van der Waals surface area (Å²) in [4.78, 5) is 0. The van der Waals surface area contributed by atoms with Gasteiger partial charge >= 0.3 is 0 Å². The molecular formula is C12H19N. The van der Waals surface area contributed by atoms with E-state index in [1.165, 1.54) is 24.8 Å². The van der Waals surface area contributed by atoms with E-state index in [9.17, 15) is 0 Å². The van der Waals surface area contributed by atoms with E-state index < -0.39 is 0 Å². The minimum absolute atomic E-state index is 0.378. The molecule has 72 valence electrons. The molecule has 0 aliphatic heterocycles. The average Bonchev–Trinajstić information content (AvgIpc) is 2.09. The highest BCUT2D eigenvalue weighted by Gasteiger charge is 2.35. The second-order valence-corrected chi connectivity index (χ2v) is 3.92. The maximum absolute atomic E-state index is 5.78. The van der Waals surface area contributed by atoms with E-state index in [0.717, 1.165) is 13.0 Å². The van der Waals surface area contributed by atoms with Crippen LogP contribution in [-0.2, 0) is 0 Å². The number of hydrogen-bond donors (Lipinski definition) is 1. The summed E-state index contributed by atoms with van der Waals surface area (Å²) in [6.45, 7) is 8.29. The van der Waals surface area contributed by atoms with Crippen molar-refractivity contribution in [2.24, 2.45) is 11.1 Å². The second-order valence-electron chi connectivity index (χ2n) is 3.92. The molecule has 0 heterocycles. The first-order chi connectivity index (χ1) is 6.26. The van der Waals surface area contributed by atoms with Gasteiger partial charge in [0.1, 0.15) is 0 Å². The van der Waals surface area contributed by atoms with Crippen molar-refractivity contribution in [3.05, 3.63) is 37.0 Å². The van der Waals surface area contributed by atoms with Crippen molar-refractivity contribution in [2.45, 2.75) is 25.7 Å². The zero-order chi connectivity index (χ0) is 9.73. The highest BCUT2D eigenvalue weighted by Crippen LogP contribution is 2.44. The Morgan fingerprint density at radius 2 is 2.08 bits per heavy atom. The lowest BCUT2D eigenvalue weighted by Crippen LogP contribution is -2.37. The Bertz CT molecular complexity index is 216. The predicted octanol–water partition coefficient (Wildman–Crippen LogP) is 2.80. The van der Waals surface area contributed by atoms with Gasteiger partial charge in [0.2, 0.25) is 0 Å². The molecule has 0 saturated heterocycles. The molecule has 2 N–H and O–H groups in total. The molecule has 1 fully saturated rings. The van der Waals surface area contributed by atoms with Crippen LogP contribution in [0.15, 0.2) is 37.0 Å². The maximum atomic E-state index is 5.78. The Balaban J connectivity index is 2.58. The van der Waals surface area contributed by atoms with Crippen molar-refractivity contribution < 1.29 is 0 Å². The molecule has 0 aromatic heterocycles. The van der Waals surface area contributed by atoms with Gasteiger partial charge in [-0.1, -0.05) is 37.8 Å². The highest BCUT2D eigenvalue weighted by molar-refractivity contribution is 5.23. The van der Waals surface area contributed by atoms with Gasteiger partial charge in [-0.3, -0.25) is 0 Å². The Kier molecular flexibility index (Phi) is 3.49. The largest absolute Gasteiger partial charge is 0.330 e. The minimum atomic E-state index is 0.378. The molecule has 0 radical (unpaired) electrons. The summed E-state index contributed by atoms with van der Waals surface area (Å²) in [5, 5.41) is 0. The van der Waals surface area contributed by atoms with Gasteiger partial charge in [0.15, 0.2) is 0 Å². The van der Waals surface area contributed by atoms with Crippen molar-refractivity contribution in [1.82, 2.24) is 0 Å². The van der Waals surface area contributed by atoms with Crippen LogP contribution < -0.4 is 5.73 Å².